The minimum absolute atomic E-state index is 0.103. The van der Waals surface area contributed by atoms with Crippen LogP contribution in [0.1, 0.15) is 12.5 Å². The molecule has 3 aromatic rings. The number of amides is 1. The summed E-state index contributed by atoms with van der Waals surface area (Å²) in [6, 6.07) is 7.59. The molecule has 130 valence electrons. The normalized spacial score (nSPS) is 12.1. The third-order valence-corrected chi connectivity index (χ3v) is 4.07. The number of hydrogen-bond acceptors (Lipinski definition) is 3. The van der Waals surface area contributed by atoms with E-state index >= 15 is 0 Å². The van der Waals surface area contributed by atoms with Gasteiger partial charge in [-0.1, -0.05) is 42.3 Å². The molecule has 0 spiro atoms. The Morgan fingerprint density at radius 3 is 2.68 bits per heavy atom. The molecule has 3 rings (SSSR count). The van der Waals surface area contributed by atoms with Gasteiger partial charge in [-0.15, -0.1) is 0 Å². The first-order valence-electron chi connectivity index (χ1n) is 7.75. The van der Waals surface area contributed by atoms with Crippen LogP contribution >= 0.6 is 23.2 Å². The second-order valence-electron chi connectivity index (χ2n) is 5.83. The Labute approximate surface area is 155 Å². The van der Waals surface area contributed by atoms with Crippen LogP contribution in [0.5, 0.6) is 0 Å². The van der Waals surface area contributed by atoms with Gasteiger partial charge in [0.15, 0.2) is 0 Å². The fourth-order valence-electron chi connectivity index (χ4n) is 2.40. The van der Waals surface area contributed by atoms with E-state index in [0.29, 0.717) is 28.8 Å². The Morgan fingerprint density at radius 1 is 1.16 bits per heavy atom. The maximum absolute atomic E-state index is 12.3. The van der Waals surface area contributed by atoms with Crippen LogP contribution in [0.25, 0.3) is 0 Å². The molecule has 1 amide bonds. The zero-order valence-electron chi connectivity index (χ0n) is 13.6. The average molecular weight is 378 g/mol. The largest absolute Gasteiger partial charge is 0.323 e. The number of nitrogens with one attached hydrogen (secondary N) is 1. The Hall–Kier alpha value is -2.31. The first-order valence-corrected chi connectivity index (χ1v) is 8.51. The zero-order valence-corrected chi connectivity index (χ0v) is 15.1. The van der Waals surface area contributed by atoms with Gasteiger partial charge >= 0.3 is 0 Å². The molecule has 1 aromatic carbocycles. The Bertz CT molecular complexity index is 873. The molecule has 0 aliphatic rings. The summed E-state index contributed by atoms with van der Waals surface area (Å²) in [5.74, 6) is -0.360. The van der Waals surface area contributed by atoms with Crippen molar-refractivity contribution >= 4 is 34.8 Å². The SMILES string of the molecule is CC(Cn1cc(Cl)cn1)C(=O)Nc1cnn(Cc2cccc(Cl)c2)c1. The number of benzene rings is 1. The van der Waals surface area contributed by atoms with Gasteiger partial charge in [-0.2, -0.15) is 10.2 Å². The summed E-state index contributed by atoms with van der Waals surface area (Å²) in [5, 5.41) is 12.4. The van der Waals surface area contributed by atoms with Crippen LogP contribution in [0.2, 0.25) is 10.0 Å². The first-order chi connectivity index (χ1) is 12.0. The number of hydrogen-bond donors (Lipinski definition) is 1. The lowest BCUT2D eigenvalue weighted by molar-refractivity contribution is -0.119. The van der Waals surface area contributed by atoms with Crippen molar-refractivity contribution in [2.24, 2.45) is 5.92 Å². The van der Waals surface area contributed by atoms with Gasteiger partial charge in [0, 0.05) is 17.4 Å². The van der Waals surface area contributed by atoms with Gasteiger partial charge in [0.05, 0.1) is 42.1 Å². The van der Waals surface area contributed by atoms with Crippen molar-refractivity contribution in [3.05, 3.63) is 64.7 Å². The van der Waals surface area contributed by atoms with E-state index in [1.165, 1.54) is 0 Å². The van der Waals surface area contributed by atoms with E-state index in [-0.39, 0.29) is 11.8 Å². The van der Waals surface area contributed by atoms with Crippen molar-refractivity contribution in [3.8, 4) is 0 Å². The Morgan fingerprint density at radius 2 is 1.96 bits per heavy atom. The lowest BCUT2D eigenvalue weighted by Crippen LogP contribution is -2.24. The highest BCUT2D eigenvalue weighted by Gasteiger charge is 2.15. The van der Waals surface area contributed by atoms with E-state index in [1.807, 2.05) is 31.2 Å². The molecule has 1 unspecified atom stereocenters. The Balaban J connectivity index is 1.57. The van der Waals surface area contributed by atoms with Crippen molar-refractivity contribution in [3.63, 3.8) is 0 Å². The van der Waals surface area contributed by atoms with E-state index < -0.39 is 0 Å². The lowest BCUT2D eigenvalue weighted by atomic mass is 10.1. The van der Waals surface area contributed by atoms with Crippen LogP contribution in [0.4, 0.5) is 5.69 Å². The van der Waals surface area contributed by atoms with E-state index in [0.717, 1.165) is 5.56 Å². The third kappa shape index (κ3) is 4.84. The molecule has 0 bridgehead atoms. The van der Waals surface area contributed by atoms with Crippen LogP contribution in [-0.2, 0) is 17.9 Å². The van der Waals surface area contributed by atoms with Crippen molar-refractivity contribution in [2.75, 3.05) is 5.32 Å². The van der Waals surface area contributed by atoms with E-state index in [4.69, 9.17) is 23.2 Å². The summed E-state index contributed by atoms with van der Waals surface area (Å²) in [6.45, 7) is 2.87. The first kappa shape index (κ1) is 17.5. The number of carbonyl (C=O) groups is 1. The minimum atomic E-state index is -0.257. The number of anilines is 1. The molecule has 0 saturated carbocycles. The summed E-state index contributed by atoms with van der Waals surface area (Å²) in [5.41, 5.74) is 1.69. The maximum atomic E-state index is 12.3. The molecule has 8 heteroatoms. The second kappa shape index (κ2) is 7.72. The van der Waals surface area contributed by atoms with Crippen LogP contribution < -0.4 is 5.32 Å². The summed E-state index contributed by atoms with van der Waals surface area (Å²) < 4.78 is 3.40. The standard InChI is InChI=1S/C17H17Cl2N5O/c1-12(8-23-10-15(19)6-20-23)17(25)22-16-7-21-24(11-16)9-13-3-2-4-14(18)5-13/h2-7,10-12H,8-9H2,1H3,(H,22,25). The van der Waals surface area contributed by atoms with E-state index in [9.17, 15) is 4.79 Å². The molecule has 2 aromatic heterocycles. The van der Waals surface area contributed by atoms with Gasteiger partial charge in [0.1, 0.15) is 0 Å². The lowest BCUT2D eigenvalue weighted by Gasteiger charge is -2.11. The molecule has 1 N–H and O–H groups in total. The van der Waals surface area contributed by atoms with Crippen molar-refractivity contribution in [1.82, 2.24) is 19.6 Å². The average Bonchev–Trinajstić information content (AvgIpc) is 3.16. The zero-order chi connectivity index (χ0) is 17.8. The minimum Gasteiger partial charge on any atom is -0.323 e. The summed E-state index contributed by atoms with van der Waals surface area (Å²) in [4.78, 5) is 12.3. The number of carbonyl (C=O) groups excluding carboxylic acids is 1. The monoisotopic (exact) mass is 377 g/mol. The van der Waals surface area contributed by atoms with Gasteiger partial charge in [-0.05, 0) is 17.7 Å². The predicted octanol–water partition coefficient (Wildman–Crippen LogP) is 3.71. The third-order valence-electron chi connectivity index (χ3n) is 3.64. The highest BCUT2D eigenvalue weighted by molar-refractivity contribution is 6.30. The van der Waals surface area contributed by atoms with Gasteiger partial charge in [-0.25, -0.2) is 0 Å². The van der Waals surface area contributed by atoms with Crippen molar-refractivity contribution < 1.29 is 4.79 Å². The number of nitrogens with zero attached hydrogens (tertiary/aromatic N) is 4. The highest BCUT2D eigenvalue weighted by atomic mass is 35.5. The number of rotatable bonds is 6. The molecule has 0 radical (unpaired) electrons. The molecule has 0 saturated heterocycles. The summed E-state index contributed by atoms with van der Waals surface area (Å²) in [6.07, 6.45) is 6.65. The van der Waals surface area contributed by atoms with E-state index in [2.05, 4.69) is 15.5 Å². The smallest absolute Gasteiger partial charge is 0.229 e. The maximum Gasteiger partial charge on any atom is 0.229 e. The topological polar surface area (TPSA) is 64.7 Å². The van der Waals surface area contributed by atoms with Crippen LogP contribution in [0, 0.1) is 5.92 Å². The van der Waals surface area contributed by atoms with E-state index in [1.54, 1.807) is 34.2 Å². The predicted molar refractivity (Wildman–Crippen MR) is 97.8 cm³/mol. The van der Waals surface area contributed by atoms with Gasteiger partial charge in [0.2, 0.25) is 5.91 Å². The highest BCUT2D eigenvalue weighted by Crippen LogP contribution is 2.14. The Kier molecular flexibility index (Phi) is 5.40. The van der Waals surface area contributed by atoms with Gasteiger partial charge in [-0.3, -0.25) is 14.2 Å². The van der Waals surface area contributed by atoms with Crippen molar-refractivity contribution in [2.45, 2.75) is 20.0 Å². The van der Waals surface area contributed by atoms with Crippen molar-refractivity contribution in [1.29, 1.82) is 0 Å². The summed E-state index contributed by atoms with van der Waals surface area (Å²) >= 11 is 11.8. The molecular formula is C17H17Cl2N5O. The quantitative estimate of drug-likeness (QED) is 0.711. The fourth-order valence-corrected chi connectivity index (χ4v) is 2.77. The molecular weight excluding hydrogens is 361 g/mol. The molecule has 0 aliphatic carbocycles. The van der Waals surface area contributed by atoms with Crippen LogP contribution in [-0.4, -0.2) is 25.5 Å². The van der Waals surface area contributed by atoms with Crippen LogP contribution in [0.15, 0.2) is 49.1 Å². The molecule has 0 aliphatic heterocycles. The summed E-state index contributed by atoms with van der Waals surface area (Å²) in [7, 11) is 0. The number of aromatic nitrogens is 4. The molecule has 1 atom stereocenters. The number of halogens is 2. The van der Waals surface area contributed by atoms with Gasteiger partial charge < -0.3 is 5.32 Å². The molecule has 2 heterocycles. The van der Waals surface area contributed by atoms with Crippen LogP contribution in [0.3, 0.4) is 0 Å². The molecule has 25 heavy (non-hydrogen) atoms. The fraction of sp³-hybridized carbons (Fsp3) is 0.235. The molecule has 0 fully saturated rings. The second-order valence-corrected chi connectivity index (χ2v) is 6.70. The molecule has 6 nitrogen and oxygen atoms in total. The van der Waals surface area contributed by atoms with Gasteiger partial charge in [0.25, 0.3) is 0 Å².